The molecule has 1 aliphatic heterocycles. The summed E-state index contributed by atoms with van der Waals surface area (Å²) < 4.78 is 7.27. The van der Waals surface area contributed by atoms with Crippen LogP contribution in [0.4, 0.5) is 0 Å². The number of ether oxygens (including phenoxy) is 1. The average molecular weight is 489 g/mol. The van der Waals surface area contributed by atoms with Crippen molar-refractivity contribution in [2.45, 2.75) is 26.3 Å². The molecule has 0 bridgehead atoms. The molecule has 1 atom stereocenters. The molecule has 36 heavy (non-hydrogen) atoms. The molecule has 8 heteroatoms. The average Bonchev–Trinajstić information content (AvgIpc) is 3.37. The van der Waals surface area contributed by atoms with Gasteiger partial charge in [0.05, 0.1) is 41.4 Å². The minimum absolute atomic E-state index is 0.0738. The predicted molar refractivity (Wildman–Crippen MR) is 138 cm³/mol. The van der Waals surface area contributed by atoms with E-state index in [-0.39, 0.29) is 11.3 Å². The van der Waals surface area contributed by atoms with Crippen LogP contribution in [0.1, 0.15) is 36.2 Å². The van der Waals surface area contributed by atoms with Crippen molar-refractivity contribution < 1.29 is 19.4 Å². The maximum absolute atomic E-state index is 13.3. The topological polar surface area (TPSA) is 87.9 Å². The van der Waals surface area contributed by atoms with Crippen LogP contribution in [0.15, 0.2) is 66.4 Å². The lowest BCUT2D eigenvalue weighted by molar-refractivity contribution is -0.139. The van der Waals surface area contributed by atoms with E-state index in [1.807, 2.05) is 87.4 Å². The Morgan fingerprint density at radius 1 is 1.08 bits per heavy atom. The molecule has 188 valence electrons. The Morgan fingerprint density at radius 2 is 1.78 bits per heavy atom. The van der Waals surface area contributed by atoms with Gasteiger partial charge in [0, 0.05) is 6.54 Å². The number of likely N-dealkylation sites (tertiary alicyclic amines) is 1. The molecule has 0 saturated carbocycles. The van der Waals surface area contributed by atoms with E-state index >= 15 is 0 Å². The van der Waals surface area contributed by atoms with Crippen LogP contribution in [0.5, 0.6) is 5.75 Å². The molecule has 4 rings (SSSR count). The SMILES string of the molecule is CCOc1ccc(C2/C(=C(/O)c3cnn(-c4ccccc4)c3C)C(=O)C(=O)N2CCCN(C)C)cc1. The van der Waals surface area contributed by atoms with Crippen molar-refractivity contribution >= 4 is 17.4 Å². The highest BCUT2D eigenvalue weighted by atomic mass is 16.5. The van der Waals surface area contributed by atoms with Gasteiger partial charge in [-0.1, -0.05) is 30.3 Å². The number of aliphatic hydroxyl groups excluding tert-OH is 1. The Morgan fingerprint density at radius 3 is 2.42 bits per heavy atom. The summed E-state index contributed by atoms with van der Waals surface area (Å²) in [4.78, 5) is 30.1. The lowest BCUT2D eigenvalue weighted by atomic mass is 9.95. The number of aromatic nitrogens is 2. The van der Waals surface area contributed by atoms with Crippen LogP contribution in [0.2, 0.25) is 0 Å². The smallest absolute Gasteiger partial charge is 0.295 e. The maximum Gasteiger partial charge on any atom is 0.295 e. The van der Waals surface area contributed by atoms with E-state index in [1.165, 1.54) is 6.20 Å². The van der Waals surface area contributed by atoms with Crippen LogP contribution < -0.4 is 4.74 Å². The van der Waals surface area contributed by atoms with Crippen molar-refractivity contribution in [1.82, 2.24) is 19.6 Å². The number of carbonyl (C=O) groups is 2. The van der Waals surface area contributed by atoms with Crippen molar-refractivity contribution in [1.29, 1.82) is 0 Å². The number of hydrogen-bond acceptors (Lipinski definition) is 6. The van der Waals surface area contributed by atoms with Crippen LogP contribution in [0.3, 0.4) is 0 Å². The van der Waals surface area contributed by atoms with E-state index in [2.05, 4.69) is 5.10 Å². The normalized spacial score (nSPS) is 17.2. The second-order valence-electron chi connectivity index (χ2n) is 9.04. The second-order valence-corrected chi connectivity index (χ2v) is 9.04. The molecular weight excluding hydrogens is 456 g/mol. The molecule has 0 aliphatic carbocycles. The van der Waals surface area contributed by atoms with Crippen LogP contribution in [-0.2, 0) is 9.59 Å². The standard InChI is InChI=1S/C28H32N4O4/c1-5-36-22-14-12-20(13-15-22)25-24(27(34)28(35)31(25)17-9-16-30(3)4)26(33)23-18-29-32(19(23)2)21-10-7-6-8-11-21/h6-8,10-15,18,25,33H,5,9,16-17H2,1-4H3/b26-24-. The van der Waals surface area contributed by atoms with Gasteiger partial charge in [0.2, 0.25) is 0 Å². The zero-order valence-corrected chi connectivity index (χ0v) is 21.1. The monoisotopic (exact) mass is 488 g/mol. The molecule has 1 fully saturated rings. The number of Topliss-reactive ketones (excluding diaryl/α,β-unsaturated/α-hetero) is 1. The molecule has 2 aromatic carbocycles. The maximum atomic E-state index is 13.3. The fourth-order valence-corrected chi connectivity index (χ4v) is 4.54. The molecule has 1 N–H and O–H groups in total. The third kappa shape index (κ3) is 4.90. The number of ketones is 1. The molecule has 0 spiro atoms. The van der Waals surface area contributed by atoms with E-state index in [0.29, 0.717) is 36.6 Å². The molecule has 1 aliphatic rings. The van der Waals surface area contributed by atoms with Crippen molar-refractivity contribution in [2.75, 3.05) is 33.8 Å². The fourth-order valence-electron chi connectivity index (χ4n) is 4.54. The van der Waals surface area contributed by atoms with Crippen LogP contribution >= 0.6 is 0 Å². The summed E-state index contributed by atoms with van der Waals surface area (Å²) in [6, 6.07) is 16.2. The van der Waals surface area contributed by atoms with Crippen molar-refractivity contribution in [2.24, 2.45) is 0 Å². The summed E-state index contributed by atoms with van der Waals surface area (Å²) in [5.74, 6) is -0.821. The highest BCUT2D eigenvalue weighted by molar-refractivity contribution is 6.46. The van der Waals surface area contributed by atoms with E-state index in [4.69, 9.17) is 4.74 Å². The van der Waals surface area contributed by atoms with Gasteiger partial charge in [-0.3, -0.25) is 9.59 Å². The van der Waals surface area contributed by atoms with Gasteiger partial charge in [0.25, 0.3) is 11.7 Å². The predicted octanol–water partition coefficient (Wildman–Crippen LogP) is 3.95. The molecular formula is C28H32N4O4. The lowest BCUT2D eigenvalue weighted by Crippen LogP contribution is -2.32. The summed E-state index contributed by atoms with van der Waals surface area (Å²) in [5, 5.41) is 15.9. The first-order chi connectivity index (χ1) is 17.3. The fraction of sp³-hybridized carbons (Fsp3) is 0.321. The Labute approximate surface area is 211 Å². The third-order valence-electron chi connectivity index (χ3n) is 6.32. The van der Waals surface area contributed by atoms with Gasteiger partial charge in [-0.25, -0.2) is 4.68 Å². The number of hydrogen-bond donors (Lipinski definition) is 1. The van der Waals surface area contributed by atoms with Gasteiger partial charge in [-0.05, 0) is 70.7 Å². The quantitative estimate of drug-likeness (QED) is 0.279. The second kappa shape index (κ2) is 10.8. The van der Waals surface area contributed by atoms with Crippen molar-refractivity contribution in [3.8, 4) is 11.4 Å². The summed E-state index contributed by atoms with van der Waals surface area (Å²) in [7, 11) is 3.93. The van der Waals surface area contributed by atoms with Gasteiger partial charge in [0.15, 0.2) is 0 Å². The summed E-state index contributed by atoms with van der Waals surface area (Å²) in [5.41, 5.74) is 2.73. The first-order valence-electron chi connectivity index (χ1n) is 12.1. The highest BCUT2D eigenvalue weighted by Crippen LogP contribution is 2.40. The largest absolute Gasteiger partial charge is 0.507 e. The van der Waals surface area contributed by atoms with Gasteiger partial charge < -0.3 is 19.6 Å². The summed E-state index contributed by atoms with van der Waals surface area (Å²) >= 11 is 0. The molecule has 0 radical (unpaired) electrons. The molecule has 1 saturated heterocycles. The summed E-state index contributed by atoms with van der Waals surface area (Å²) in [6.45, 7) is 5.42. The number of nitrogens with zero attached hydrogens (tertiary/aromatic N) is 4. The Hall–Kier alpha value is -3.91. The molecule has 1 unspecified atom stereocenters. The number of aliphatic hydroxyl groups is 1. The number of rotatable bonds is 9. The lowest BCUT2D eigenvalue weighted by Gasteiger charge is -2.26. The molecule has 8 nitrogen and oxygen atoms in total. The zero-order chi connectivity index (χ0) is 25.8. The number of benzene rings is 2. The van der Waals surface area contributed by atoms with Gasteiger partial charge in [0.1, 0.15) is 11.5 Å². The third-order valence-corrected chi connectivity index (χ3v) is 6.32. The van der Waals surface area contributed by atoms with Crippen LogP contribution in [0, 0.1) is 6.92 Å². The van der Waals surface area contributed by atoms with Gasteiger partial charge >= 0.3 is 0 Å². The Balaban J connectivity index is 1.79. The number of para-hydroxylation sites is 1. The first kappa shape index (κ1) is 25.2. The summed E-state index contributed by atoms with van der Waals surface area (Å²) in [6.07, 6.45) is 2.23. The van der Waals surface area contributed by atoms with Crippen molar-refractivity contribution in [3.63, 3.8) is 0 Å². The minimum atomic E-state index is -0.706. The van der Waals surface area contributed by atoms with Gasteiger partial charge in [-0.2, -0.15) is 5.10 Å². The molecule has 2 heterocycles. The number of amides is 1. The number of carbonyl (C=O) groups excluding carboxylic acids is 2. The van der Waals surface area contributed by atoms with Crippen LogP contribution in [0.25, 0.3) is 11.4 Å². The van der Waals surface area contributed by atoms with E-state index in [0.717, 1.165) is 17.8 Å². The Bertz CT molecular complexity index is 1260. The first-order valence-corrected chi connectivity index (χ1v) is 12.1. The molecule has 1 amide bonds. The Kier molecular flexibility index (Phi) is 7.55. The highest BCUT2D eigenvalue weighted by Gasteiger charge is 2.46. The zero-order valence-electron chi connectivity index (χ0n) is 21.1. The van der Waals surface area contributed by atoms with Gasteiger partial charge in [-0.15, -0.1) is 0 Å². The van der Waals surface area contributed by atoms with E-state index in [9.17, 15) is 14.7 Å². The van der Waals surface area contributed by atoms with E-state index < -0.39 is 17.7 Å². The molecule has 3 aromatic rings. The minimum Gasteiger partial charge on any atom is -0.507 e. The van der Waals surface area contributed by atoms with Crippen molar-refractivity contribution in [3.05, 3.63) is 83.2 Å². The van der Waals surface area contributed by atoms with Crippen LogP contribution in [-0.4, -0.2) is 70.2 Å². The van der Waals surface area contributed by atoms with E-state index in [1.54, 1.807) is 9.58 Å². The molecule has 1 aromatic heterocycles.